The lowest BCUT2D eigenvalue weighted by Gasteiger charge is -2.24. The first-order valence-corrected chi connectivity index (χ1v) is 9.10. The quantitative estimate of drug-likeness (QED) is 0.349. The zero-order chi connectivity index (χ0) is 17.5. The second-order valence-electron chi connectivity index (χ2n) is 5.78. The van der Waals surface area contributed by atoms with Gasteiger partial charge in [0, 0.05) is 5.92 Å². The molecule has 1 unspecified atom stereocenters. The maximum atomic E-state index is 12.5. The largest absolute Gasteiger partial charge is 0.465 e. The van der Waals surface area contributed by atoms with Crippen molar-refractivity contribution in [1.82, 2.24) is 0 Å². The predicted molar refractivity (Wildman–Crippen MR) is 94.1 cm³/mol. The molecule has 130 valence electrons. The molecule has 1 aliphatic carbocycles. The predicted octanol–water partition coefficient (Wildman–Crippen LogP) is 4.53. The number of carbonyl (C=O) groups excluding carboxylic acids is 2. The standard InChI is InChI=1S/C18H27BrO4/c1-5-9-10-15(19)14-12-18(11-13(14)6-2,16(20)22-7-3)17(21)23-8-4/h6,13H,2,5,7-12H2,1,3-4H3/b15-14+. The lowest BCUT2D eigenvalue weighted by Crippen LogP contribution is -2.40. The van der Waals surface area contributed by atoms with Crippen molar-refractivity contribution in [3.05, 3.63) is 22.7 Å². The minimum absolute atomic E-state index is 0.0185. The maximum absolute atomic E-state index is 12.5. The zero-order valence-corrected chi connectivity index (χ0v) is 15.9. The first kappa shape index (κ1) is 19.9. The molecule has 0 amide bonds. The Labute approximate surface area is 147 Å². The van der Waals surface area contributed by atoms with E-state index in [1.807, 2.05) is 6.08 Å². The number of allylic oxidation sites excluding steroid dienone is 3. The fraction of sp³-hybridized carbons (Fsp3) is 0.667. The van der Waals surface area contributed by atoms with Crippen LogP contribution in [0.2, 0.25) is 0 Å². The third kappa shape index (κ3) is 4.46. The number of ether oxygens (including phenoxy) is 2. The second-order valence-corrected chi connectivity index (χ2v) is 6.74. The Morgan fingerprint density at radius 1 is 1.26 bits per heavy atom. The molecule has 23 heavy (non-hydrogen) atoms. The molecule has 0 spiro atoms. The molecule has 0 aliphatic heterocycles. The Balaban J connectivity index is 3.20. The number of halogens is 1. The number of rotatable bonds is 8. The third-order valence-corrected chi connectivity index (χ3v) is 5.13. The average Bonchev–Trinajstić information content (AvgIpc) is 2.94. The highest BCUT2D eigenvalue weighted by Crippen LogP contribution is 2.50. The van der Waals surface area contributed by atoms with E-state index in [0.717, 1.165) is 29.3 Å². The van der Waals surface area contributed by atoms with Crippen molar-refractivity contribution in [2.24, 2.45) is 11.3 Å². The van der Waals surface area contributed by atoms with Gasteiger partial charge in [-0.2, -0.15) is 0 Å². The molecule has 1 atom stereocenters. The average molecular weight is 387 g/mol. The summed E-state index contributed by atoms with van der Waals surface area (Å²) in [5, 5.41) is 0. The molecule has 0 aromatic carbocycles. The van der Waals surface area contributed by atoms with E-state index >= 15 is 0 Å². The van der Waals surface area contributed by atoms with Crippen LogP contribution in [-0.4, -0.2) is 25.2 Å². The summed E-state index contributed by atoms with van der Waals surface area (Å²) < 4.78 is 11.4. The van der Waals surface area contributed by atoms with Crippen molar-refractivity contribution in [3.63, 3.8) is 0 Å². The van der Waals surface area contributed by atoms with E-state index in [9.17, 15) is 9.59 Å². The Hall–Kier alpha value is -1.10. The summed E-state index contributed by atoms with van der Waals surface area (Å²) in [5.74, 6) is -0.998. The Morgan fingerprint density at radius 2 is 1.83 bits per heavy atom. The van der Waals surface area contributed by atoms with Crippen LogP contribution < -0.4 is 0 Å². The van der Waals surface area contributed by atoms with Crippen molar-refractivity contribution in [2.75, 3.05) is 13.2 Å². The lowest BCUT2D eigenvalue weighted by atomic mass is 9.85. The van der Waals surface area contributed by atoms with Crippen molar-refractivity contribution >= 4 is 27.9 Å². The van der Waals surface area contributed by atoms with Gasteiger partial charge >= 0.3 is 11.9 Å². The molecule has 0 bridgehead atoms. The summed E-state index contributed by atoms with van der Waals surface area (Å²) in [6.45, 7) is 9.97. The van der Waals surface area contributed by atoms with E-state index in [1.54, 1.807) is 13.8 Å². The van der Waals surface area contributed by atoms with Gasteiger partial charge < -0.3 is 9.47 Å². The fourth-order valence-electron chi connectivity index (χ4n) is 2.98. The second kappa shape index (κ2) is 9.26. The fourth-order valence-corrected chi connectivity index (χ4v) is 3.69. The molecule has 0 N–H and O–H groups in total. The normalized spacial score (nSPS) is 21.7. The summed E-state index contributed by atoms with van der Waals surface area (Å²) in [7, 11) is 0. The zero-order valence-electron chi connectivity index (χ0n) is 14.3. The van der Waals surface area contributed by atoms with Crippen LogP contribution >= 0.6 is 15.9 Å². The molecular formula is C18H27BrO4. The van der Waals surface area contributed by atoms with Gasteiger partial charge in [0.15, 0.2) is 5.41 Å². The van der Waals surface area contributed by atoms with Crippen LogP contribution in [0.1, 0.15) is 52.9 Å². The van der Waals surface area contributed by atoms with E-state index in [4.69, 9.17) is 9.47 Å². The molecule has 0 aromatic heterocycles. The molecule has 0 radical (unpaired) electrons. The molecule has 0 saturated heterocycles. The van der Waals surface area contributed by atoms with Gasteiger partial charge in [-0.25, -0.2) is 0 Å². The molecule has 0 heterocycles. The van der Waals surface area contributed by atoms with Crippen LogP contribution in [0.4, 0.5) is 0 Å². The van der Waals surface area contributed by atoms with Crippen LogP contribution in [-0.2, 0) is 19.1 Å². The number of esters is 2. The van der Waals surface area contributed by atoms with Crippen LogP contribution in [0, 0.1) is 11.3 Å². The summed E-state index contributed by atoms with van der Waals surface area (Å²) in [4.78, 5) is 25.1. The highest BCUT2D eigenvalue weighted by molar-refractivity contribution is 9.11. The van der Waals surface area contributed by atoms with Crippen molar-refractivity contribution < 1.29 is 19.1 Å². The minimum atomic E-state index is -1.24. The van der Waals surface area contributed by atoms with Crippen LogP contribution in [0.5, 0.6) is 0 Å². The molecule has 4 nitrogen and oxygen atoms in total. The topological polar surface area (TPSA) is 52.6 Å². The van der Waals surface area contributed by atoms with E-state index in [2.05, 4.69) is 29.4 Å². The van der Waals surface area contributed by atoms with Crippen molar-refractivity contribution in [2.45, 2.75) is 52.9 Å². The highest BCUT2D eigenvalue weighted by Gasteiger charge is 2.55. The Bertz CT molecular complexity index is 463. The first-order chi connectivity index (χ1) is 11.0. The van der Waals surface area contributed by atoms with Gasteiger partial charge in [-0.1, -0.05) is 40.9 Å². The molecule has 1 fully saturated rings. The number of unbranched alkanes of at least 4 members (excludes halogenated alkanes) is 1. The van der Waals surface area contributed by atoms with Crippen LogP contribution in [0.3, 0.4) is 0 Å². The number of hydrogen-bond acceptors (Lipinski definition) is 4. The molecule has 1 saturated carbocycles. The molecule has 0 aromatic rings. The van der Waals surface area contributed by atoms with Gasteiger partial charge in [0.1, 0.15) is 0 Å². The van der Waals surface area contributed by atoms with Gasteiger partial charge in [-0.05, 0) is 44.0 Å². The van der Waals surface area contributed by atoms with E-state index in [0.29, 0.717) is 12.8 Å². The lowest BCUT2D eigenvalue weighted by molar-refractivity contribution is -0.171. The smallest absolute Gasteiger partial charge is 0.323 e. The number of hydrogen-bond donors (Lipinski definition) is 0. The van der Waals surface area contributed by atoms with E-state index in [-0.39, 0.29) is 19.1 Å². The molecular weight excluding hydrogens is 360 g/mol. The molecule has 5 heteroatoms. The molecule has 1 rings (SSSR count). The third-order valence-electron chi connectivity index (χ3n) is 4.22. The molecule has 1 aliphatic rings. The Morgan fingerprint density at radius 3 is 2.26 bits per heavy atom. The van der Waals surface area contributed by atoms with Gasteiger partial charge in [0.2, 0.25) is 0 Å². The van der Waals surface area contributed by atoms with Gasteiger partial charge in [0.25, 0.3) is 0 Å². The summed E-state index contributed by atoms with van der Waals surface area (Å²) in [5.41, 5.74) is -0.180. The maximum Gasteiger partial charge on any atom is 0.323 e. The summed E-state index contributed by atoms with van der Waals surface area (Å²) in [6, 6.07) is 0. The van der Waals surface area contributed by atoms with Gasteiger partial charge in [-0.3, -0.25) is 9.59 Å². The van der Waals surface area contributed by atoms with E-state index < -0.39 is 17.4 Å². The summed E-state index contributed by atoms with van der Waals surface area (Å²) >= 11 is 3.64. The number of carbonyl (C=O) groups is 2. The van der Waals surface area contributed by atoms with Crippen LogP contribution in [0.25, 0.3) is 0 Å². The van der Waals surface area contributed by atoms with Crippen LogP contribution in [0.15, 0.2) is 22.7 Å². The SMILES string of the molecule is C=CC1CC(C(=O)OCC)(C(=O)OCC)C/C1=C(\Br)CCCC. The minimum Gasteiger partial charge on any atom is -0.465 e. The Kier molecular flexibility index (Phi) is 8.03. The summed E-state index contributed by atoms with van der Waals surface area (Å²) in [6.07, 6.45) is 5.55. The van der Waals surface area contributed by atoms with E-state index in [1.165, 1.54) is 0 Å². The monoisotopic (exact) mass is 386 g/mol. The first-order valence-electron chi connectivity index (χ1n) is 8.31. The van der Waals surface area contributed by atoms with Gasteiger partial charge in [-0.15, -0.1) is 6.58 Å². The van der Waals surface area contributed by atoms with Gasteiger partial charge in [0.05, 0.1) is 13.2 Å². The highest BCUT2D eigenvalue weighted by atomic mass is 79.9. The van der Waals surface area contributed by atoms with Crippen molar-refractivity contribution in [1.29, 1.82) is 0 Å². The van der Waals surface area contributed by atoms with Crippen molar-refractivity contribution in [3.8, 4) is 0 Å².